The average Bonchev–Trinajstić information content (AvgIpc) is 3.40. The van der Waals surface area contributed by atoms with Crippen molar-refractivity contribution in [3.8, 4) is 0 Å². The van der Waals surface area contributed by atoms with E-state index in [1.54, 1.807) is 31.6 Å². The van der Waals surface area contributed by atoms with Crippen molar-refractivity contribution in [3.63, 3.8) is 0 Å². The highest BCUT2D eigenvalue weighted by Crippen LogP contribution is 2.44. The van der Waals surface area contributed by atoms with Gasteiger partial charge < -0.3 is 10.6 Å². The van der Waals surface area contributed by atoms with Gasteiger partial charge >= 0.3 is 0 Å². The van der Waals surface area contributed by atoms with Gasteiger partial charge in [-0.15, -0.1) is 11.3 Å². The molecule has 1 aliphatic carbocycles. The Kier molecular flexibility index (Phi) is 6.56. The number of nitrogens with zero attached hydrogens (tertiary/aromatic N) is 4. The molecule has 3 atom stereocenters. The standard InChI is InChI=1S/C24H26ClFN6OS2/c1-28-8-7-19(27)21-20-12-15(31-35(2,33)16-4-5-16)13-32(20)23(24-29-9-10-34-24)30-22(21)17-6-3-14(26)11-18(17)25/h3,6-11,15-16,22H,2,4-5,12-13,27H2,1H3,(H,31,33)/t15?,22-,35?/m0/s1. The van der Waals surface area contributed by atoms with Crippen LogP contribution in [0.4, 0.5) is 4.39 Å². The molecular formula is C24H26ClFN6OS2. The first-order chi connectivity index (χ1) is 16.8. The number of halogens is 2. The van der Waals surface area contributed by atoms with Crippen LogP contribution >= 0.6 is 22.9 Å². The fourth-order valence-electron chi connectivity index (χ4n) is 4.55. The molecule has 5 rings (SSSR count). The quantitative estimate of drug-likeness (QED) is 0.420. The molecule has 0 spiro atoms. The third-order valence-electron chi connectivity index (χ3n) is 6.28. The maximum atomic E-state index is 13.9. The van der Waals surface area contributed by atoms with E-state index in [0.717, 1.165) is 29.1 Å². The average molecular weight is 533 g/mol. The molecule has 2 unspecified atom stereocenters. The maximum Gasteiger partial charge on any atom is 0.165 e. The number of amidine groups is 1. The fourth-order valence-corrected chi connectivity index (χ4v) is 7.27. The highest BCUT2D eigenvalue weighted by molar-refractivity contribution is 7.99. The van der Waals surface area contributed by atoms with Crippen LogP contribution < -0.4 is 10.5 Å². The van der Waals surface area contributed by atoms with Gasteiger partial charge in [0.15, 0.2) is 10.8 Å². The van der Waals surface area contributed by atoms with Crippen molar-refractivity contribution in [2.45, 2.75) is 36.6 Å². The van der Waals surface area contributed by atoms with Gasteiger partial charge in [0.25, 0.3) is 0 Å². The van der Waals surface area contributed by atoms with Gasteiger partial charge in [-0.3, -0.25) is 14.2 Å². The molecule has 3 heterocycles. The summed E-state index contributed by atoms with van der Waals surface area (Å²) in [5.41, 5.74) is 9.43. The van der Waals surface area contributed by atoms with Crippen molar-refractivity contribution in [2.24, 2.45) is 15.7 Å². The molecule has 0 radical (unpaired) electrons. The van der Waals surface area contributed by atoms with E-state index < -0.39 is 21.6 Å². The number of fused-ring (bicyclic) bond motifs is 1. The molecular weight excluding hydrogens is 507 g/mol. The van der Waals surface area contributed by atoms with E-state index in [2.05, 4.69) is 25.5 Å². The predicted molar refractivity (Wildman–Crippen MR) is 143 cm³/mol. The van der Waals surface area contributed by atoms with Crippen molar-refractivity contribution in [1.82, 2.24) is 14.6 Å². The normalized spacial score (nSPS) is 24.6. The smallest absolute Gasteiger partial charge is 0.165 e. The Labute approximate surface area is 213 Å². The number of nitrogens with one attached hydrogen (secondary N) is 1. The van der Waals surface area contributed by atoms with Crippen molar-refractivity contribution >= 4 is 50.6 Å². The predicted octanol–water partition coefficient (Wildman–Crippen LogP) is 3.69. The van der Waals surface area contributed by atoms with Gasteiger partial charge in [0.1, 0.15) is 11.9 Å². The number of allylic oxidation sites excluding steroid dienone is 1. The van der Waals surface area contributed by atoms with E-state index in [1.807, 2.05) is 5.38 Å². The molecule has 0 amide bonds. The monoisotopic (exact) mass is 532 g/mol. The number of rotatable bonds is 7. The fraction of sp³-hybridized carbons (Fsp3) is 0.333. The van der Waals surface area contributed by atoms with Crippen molar-refractivity contribution in [1.29, 1.82) is 0 Å². The van der Waals surface area contributed by atoms with E-state index in [9.17, 15) is 8.60 Å². The van der Waals surface area contributed by atoms with Crippen LogP contribution in [0.2, 0.25) is 5.02 Å². The molecule has 0 bridgehead atoms. The van der Waals surface area contributed by atoms with E-state index >= 15 is 0 Å². The number of aliphatic imine (C=N–C) groups is 2. The van der Waals surface area contributed by atoms with Gasteiger partial charge in [0, 0.05) is 86.4 Å². The van der Waals surface area contributed by atoms with Crippen LogP contribution in [0, 0.1) is 5.82 Å². The lowest BCUT2D eigenvalue weighted by Gasteiger charge is -2.33. The van der Waals surface area contributed by atoms with Crippen LogP contribution in [0.1, 0.15) is 35.9 Å². The first-order valence-corrected chi connectivity index (χ1v) is 14.3. The maximum absolute atomic E-state index is 13.9. The Hall–Kier alpha value is -2.53. The highest BCUT2D eigenvalue weighted by Gasteiger charge is 2.42. The molecule has 11 heteroatoms. The van der Waals surface area contributed by atoms with E-state index in [-0.39, 0.29) is 16.3 Å². The lowest BCUT2D eigenvalue weighted by atomic mass is 9.92. The minimum atomic E-state index is -2.40. The zero-order chi connectivity index (χ0) is 24.7. The molecule has 2 fully saturated rings. The highest BCUT2D eigenvalue weighted by atomic mass is 35.5. The van der Waals surface area contributed by atoms with E-state index in [4.69, 9.17) is 22.3 Å². The molecule has 2 aliphatic heterocycles. The topological polar surface area (TPSA) is 96.0 Å². The van der Waals surface area contributed by atoms with Crippen LogP contribution in [-0.4, -0.2) is 56.9 Å². The molecule has 1 saturated heterocycles. The van der Waals surface area contributed by atoms with Crippen LogP contribution in [0.15, 0.2) is 62.8 Å². The van der Waals surface area contributed by atoms with Crippen molar-refractivity contribution < 1.29 is 8.60 Å². The Balaban J connectivity index is 1.65. The summed E-state index contributed by atoms with van der Waals surface area (Å²) in [5.74, 6) is 4.26. The van der Waals surface area contributed by atoms with Gasteiger partial charge in [0.05, 0.1) is 0 Å². The minimum Gasteiger partial charge on any atom is -0.398 e. The van der Waals surface area contributed by atoms with Crippen LogP contribution in [0.5, 0.6) is 0 Å². The van der Waals surface area contributed by atoms with Gasteiger partial charge in [-0.2, -0.15) is 0 Å². The number of benzene rings is 1. The Morgan fingerprint density at radius 2 is 2.26 bits per heavy atom. The molecule has 1 aromatic heterocycles. The first kappa shape index (κ1) is 24.2. The first-order valence-electron chi connectivity index (χ1n) is 11.2. The van der Waals surface area contributed by atoms with Crippen LogP contribution in [-0.2, 0) is 9.71 Å². The number of aromatic nitrogens is 1. The number of thiazole rings is 1. The second kappa shape index (κ2) is 9.50. The lowest BCUT2D eigenvalue weighted by molar-refractivity contribution is 0.522. The SMILES string of the molecule is C=S(=O)(NC1CC2=C(C(N)=CC=NC)[C@H](c3ccc(F)cc3Cl)N=C(c3nccs3)N2C1)C1CC1. The summed E-state index contributed by atoms with van der Waals surface area (Å²) in [4.78, 5) is 15.7. The summed E-state index contributed by atoms with van der Waals surface area (Å²) < 4.78 is 30.3. The summed E-state index contributed by atoms with van der Waals surface area (Å²) in [6.45, 7) is 0.551. The molecule has 1 saturated carbocycles. The van der Waals surface area contributed by atoms with Gasteiger partial charge in [-0.1, -0.05) is 17.7 Å². The van der Waals surface area contributed by atoms with E-state index in [1.165, 1.54) is 23.5 Å². The second-order valence-corrected chi connectivity index (χ2v) is 12.5. The van der Waals surface area contributed by atoms with Crippen molar-refractivity contribution in [3.05, 3.63) is 74.2 Å². The third-order valence-corrected chi connectivity index (χ3v) is 9.66. The summed E-state index contributed by atoms with van der Waals surface area (Å²) >= 11 is 7.99. The van der Waals surface area contributed by atoms with Crippen molar-refractivity contribution in [2.75, 3.05) is 13.6 Å². The second-order valence-electron chi connectivity index (χ2n) is 8.80. The number of hydrogen-bond acceptors (Lipinski definition) is 7. The Morgan fingerprint density at radius 3 is 2.91 bits per heavy atom. The molecule has 184 valence electrons. The summed E-state index contributed by atoms with van der Waals surface area (Å²) in [5, 5.41) is 3.03. The molecule has 3 aliphatic rings. The zero-order valence-corrected chi connectivity index (χ0v) is 21.5. The van der Waals surface area contributed by atoms with Gasteiger partial charge in [0.2, 0.25) is 0 Å². The Morgan fingerprint density at radius 1 is 1.46 bits per heavy atom. The lowest BCUT2D eigenvalue weighted by Crippen LogP contribution is -2.40. The zero-order valence-electron chi connectivity index (χ0n) is 19.2. The van der Waals surface area contributed by atoms with Gasteiger partial charge in [-0.05, 0) is 36.9 Å². The van der Waals surface area contributed by atoms with Gasteiger partial charge in [-0.25, -0.2) is 14.1 Å². The largest absolute Gasteiger partial charge is 0.398 e. The molecule has 1 aromatic carbocycles. The Bertz CT molecular complexity index is 1360. The number of nitrogens with two attached hydrogens (primary N) is 1. The summed E-state index contributed by atoms with van der Waals surface area (Å²) in [7, 11) is -0.729. The minimum absolute atomic E-state index is 0.106. The third kappa shape index (κ3) is 4.80. The van der Waals surface area contributed by atoms with Crippen LogP contribution in [0.25, 0.3) is 0 Å². The molecule has 35 heavy (non-hydrogen) atoms. The molecule has 7 nitrogen and oxygen atoms in total. The molecule has 2 aromatic rings. The van der Waals surface area contributed by atoms with E-state index in [0.29, 0.717) is 30.1 Å². The summed E-state index contributed by atoms with van der Waals surface area (Å²) in [6.07, 6.45) is 7.52. The van der Waals surface area contributed by atoms with Crippen LogP contribution in [0.3, 0.4) is 0 Å². The molecule has 3 N–H and O–H groups in total. The number of hydrogen-bond donors (Lipinski definition) is 2. The summed E-state index contributed by atoms with van der Waals surface area (Å²) in [6, 6.07) is 3.62.